The molecule has 0 saturated heterocycles. The number of hydrogen-bond acceptors (Lipinski definition) is 6. The molecule has 1 rings (SSSR count). The molecule has 9 heteroatoms. The van der Waals surface area contributed by atoms with Crippen LogP contribution in [-0.2, 0) is 6.54 Å². The highest BCUT2D eigenvalue weighted by atomic mass is 19.1. The number of carbonyl (C=O) groups excluding carboxylic acids is 1. The van der Waals surface area contributed by atoms with E-state index in [9.17, 15) is 9.18 Å². The van der Waals surface area contributed by atoms with Crippen LogP contribution in [0.4, 0.5) is 4.39 Å². The summed E-state index contributed by atoms with van der Waals surface area (Å²) < 4.78 is 15.1. The predicted molar refractivity (Wildman–Crippen MR) is 76.3 cm³/mol. The lowest BCUT2D eigenvalue weighted by Crippen LogP contribution is -2.18. The SMILES string of the molecule is CNC(=O)c1cn(CC(F)CC/C(N)=C/C=C(N)N)nn1. The van der Waals surface area contributed by atoms with E-state index in [2.05, 4.69) is 15.6 Å². The number of nitrogens with zero attached hydrogens (tertiary/aromatic N) is 3. The second-order valence-electron chi connectivity index (χ2n) is 4.45. The molecule has 0 fully saturated rings. The van der Waals surface area contributed by atoms with Crippen LogP contribution in [0, 0.1) is 0 Å². The van der Waals surface area contributed by atoms with E-state index in [1.807, 2.05) is 0 Å². The van der Waals surface area contributed by atoms with Crippen molar-refractivity contribution in [3.8, 4) is 0 Å². The van der Waals surface area contributed by atoms with Crippen molar-refractivity contribution in [2.24, 2.45) is 17.2 Å². The first kappa shape index (κ1) is 16.5. The first-order chi connectivity index (χ1) is 9.92. The minimum Gasteiger partial charge on any atom is -0.402 e. The van der Waals surface area contributed by atoms with Crippen LogP contribution >= 0.6 is 0 Å². The Labute approximate surface area is 121 Å². The Hall–Kier alpha value is -2.58. The molecule has 1 amide bonds. The number of alkyl halides is 1. The molecule has 1 aromatic heterocycles. The monoisotopic (exact) mass is 297 g/mol. The third-order valence-corrected chi connectivity index (χ3v) is 2.62. The van der Waals surface area contributed by atoms with Crippen LogP contribution in [0.15, 0.2) is 29.9 Å². The molecule has 8 nitrogen and oxygen atoms in total. The quantitative estimate of drug-likeness (QED) is 0.494. The standard InChI is InChI=1S/C12H20FN7O/c1-17-12(21)10-7-20(19-18-10)6-8(13)2-3-9(14)4-5-11(15)16/h4-5,7-8H,2-3,6,14-16H2,1H3,(H,17,21)/b9-4-. The average molecular weight is 297 g/mol. The second kappa shape index (κ2) is 7.88. The predicted octanol–water partition coefficient (Wildman–Crippen LogP) is -0.643. The van der Waals surface area contributed by atoms with E-state index in [1.54, 1.807) is 6.08 Å². The van der Waals surface area contributed by atoms with Crippen molar-refractivity contribution in [3.05, 3.63) is 35.6 Å². The molecular formula is C12H20FN7O. The summed E-state index contributed by atoms with van der Waals surface area (Å²) in [5.41, 5.74) is 16.8. The summed E-state index contributed by atoms with van der Waals surface area (Å²) in [4.78, 5) is 11.3. The molecule has 0 bridgehead atoms. The molecule has 116 valence electrons. The molecular weight excluding hydrogens is 277 g/mol. The van der Waals surface area contributed by atoms with E-state index in [0.29, 0.717) is 12.1 Å². The van der Waals surface area contributed by atoms with Gasteiger partial charge in [-0.25, -0.2) is 9.07 Å². The fourth-order valence-corrected chi connectivity index (χ4v) is 1.52. The highest BCUT2D eigenvalue weighted by Crippen LogP contribution is 2.09. The lowest BCUT2D eigenvalue weighted by atomic mass is 10.1. The molecule has 0 radical (unpaired) electrons. The number of aromatic nitrogens is 3. The topological polar surface area (TPSA) is 138 Å². The third-order valence-electron chi connectivity index (χ3n) is 2.62. The van der Waals surface area contributed by atoms with Gasteiger partial charge in [0.25, 0.3) is 5.91 Å². The van der Waals surface area contributed by atoms with Crippen LogP contribution in [0.3, 0.4) is 0 Å². The summed E-state index contributed by atoms with van der Waals surface area (Å²) in [6.45, 7) is 0.00609. The van der Waals surface area contributed by atoms with Crippen molar-refractivity contribution in [2.75, 3.05) is 7.05 Å². The van der Waals surface area contributed by atoms with Crippen molar-refractivity contribution >= 4 is 5.91 Å². The number of carbonyl (C=O) groups is 1. The van der Waals surface area contributed by atoms with Crippen LogP contribution in [0.1, 0.15) is 23.3 Å². The van der Waals surface area contributed by atoms with E-state index < -0.39 is 6.17 Å². The van der Waals surface area contributed by atoms with Crippen LogP contribution in [0.5, 0.6) is 0 Å². The first-order valence-electron chi connectivity index (χ1n) is 6.36. The van der Waals surface area contributed by atoms with Gasteiger partial charge in [0, 0.05) is 12.7 Å². The Morgan fingerprint density at radius 2 is 2.19 bits per heavy atom. The van der Waals surface area contributed by atoms with Crippen LogP contribution in [0.25, 0.3) is 0 Å². The molecule has 1 heterocycles. The Kier molecular flexibility index (Phi) is 6.18. The first-order valence-corrected chi connectivity index (χ1v) is 6.36. The molecule has 0 aliphatic heterocycles. The Balaban J connectivity index is 2.45. The number of hydrogen-bond donors (Lipinski definition) is 4. The molecule has 0 aliphatic carbocycles. The number of halogens is 1. The molecule has 0 saturated carbocycles. The molecule has 0 aromatic carbocycles. The average Bonchev–Trinajstić information content (AvgIpc) is 2.90. The third kappa shape index (κ3) is 5.93. The molecule has 1 unspecified atom stereocenters. The summed E-state index contributed by atoms with van der Waals surface area (Å²) >= 11 is 0. The summed E-state index contributed by atoms with van der Waals surface area (Å²) in [6.07, 6.45) is 3.81. The minimum atomic E-state index is -1.16. The minimum absolute atomic E-state index is 0.00609. The van der Waals surface area contributed by atoms with E-state index in [-0.39, 0.29) is 30.4 Å². The molecule has 7 N–H and O–H groups in total. The van der Waals surface area contributed by atoms with Gasteiger partial charge in [-0.05, 0) is 25.0 Å². The van der Waals surface area contributed by atoms with Crippen molar-refractivity contribution in [1.29, 1.82) is 0 Å². The van der Waals surface area contributed by atoms with Crippen molar-refractivity contribution in [3.63, 3.8) is 0 Å². The highest BCUT2D eigenvalue weighted by molar-refractivity contribution is 5.91. The fraction of sp³-hybridized carbons (Fsp3) is 0.417. The molecule has 1 atom stereocenters. The number of amides is 1. The summed E-state index contributed by atoms with van der Waals surface area (Å²) in [6, 6.07) is 0. The van der Waals surface area contributed by atoms with E-state index in [0.717, 1.165) is 0 Å². The molecule has 1 aromatic rings. The number of rotatable bonds is 7. The Morgan fingerprint density at radius 1 is 1.48 bits per heavy atom. The van der Waals surface area contributed by atoms with Crippen molar-refractivity contribution in [1.82, 2.24) is 20.3 Å². The molecule has 0 spiro atoms. The fourth-order valence-electron chi connectivity index (χ4n) is 1.52. The summed E-state index contributed by atoms with van der Waals surface area (Å²) in [5, 5.41) is 9.75. The zero-order valence-electron chi connectivity index (χ0n) is 11.8. The maximum absolute atomic E-state index is 13.8. The van der Waals surface area contributed by atoms with Crippen LogP contribution in [0.2, 0.25) is 0 Å². The van der Waals surface area contributed by atoms with Crippen molar-refractivity contribution < 1.29 is 9.18 Å². The Bertz CT molecular complexity index is 533. The maximum Gasteiger partial charge on any atom is 0.273 e. The van der Waals surface area contributed by atoms with Gasteiger partial charge >= 0.3 is 0 Å². The summed E-state index contributed by atoms with van der Waals surface area (Å²) in [5.74, 6) is -0.228. The number of allylic oxidation sites excluding steroid dienone is 3. The largest absolute Gasteiger partial charge is 0.402 e. The molecule has 0 aliphatic rings. The Morgan fingerprint density at radius 3 is 2.81 bits per heavy atom. The maximum atomic E-state index is 13.8. The lowest BCUT2D eigenvalue weighted by molar-refractivity contribution is 0.0958. The van der Waals surface area contributed by atoms with Gasteiger partial charge in [-0.3, -0.25) is 4.79 Å². The zero-order chi connectivity index (χ0) is 15.8. The zero-order valence-corrected chi connectivity index (χ0v) is 11.8. The lowest BCUT2D eigenvalue weighted by Gasteiger charge is -2.07. The van der Waals surface area contributed by atoms with E-state index >= 15 is 0 Å². The normalized spacial score (nSPS) is 12.8. The second-order valence-corrected chi connectivity index (χ2v) is 4.45. The van der Waals surface area contributed by atoms with Gasteiger partial charge < -0.3 is 22.5 Å². The summed E-state index contributed by atoms with van der Waals surface area (Å²) in [7, 11) is 1.48. The van der Waals surface area contributed by atoms with Crippen LogP contribution < -0.4 is 22.5 Å². The molecule has 21 heavy (non-hydrogen) atoms. The van der Waals surface area contributed by atoms with E-state index in [1.165, 1.54) is 24.0 Å². The van der Waals surface area contributed by atoms with Gasteiger partial charge in [-0.2, -0.15) is 0 Å². The van der Waals surface area contributed by atoms with Gasteiger partial charge in [0.1, 0.15) is 6.17 Å². The van der Waals surface area contributed by atoms with Gasteiger partial charge in [0.05, 0.1) is 18.6 Å². The van der Waals surface area contributed by atoms with E-state index in [4.69, 9.17) is 17.2 Å². The van der Waals surface area contributed by atoms with Crippen molar-refractivity contribution in [2.45, 2.75) is 25.6 Å². The van der Waals surface area contributed by atoms with Gasteiger partial charge in [0.15, 0.2) is 5.69 Å². The smallest absolute Gasteiger partial charge is 0.273 e. The van der Waals surface area contributed by atoms with Crippen LogP contribution in [-0.4, -0.2) is 34.1 Å². The van der Waals surface area contributed by atoms with Gasteiger partial charge in [-0.15, -0.1) is 5.10 Å². The number of nitrogens with two attached hydrogens (primary N) is 3. The van der Waals surface area contributed by atoms with Gasteiger partial charge in [0.2, 0.25) is 0 Å². The number of nitrogens with one attached hydrogen (secondary N) is 1. The van der Waals surface area contributed by atoms with Gasteiger partial charge in [-0.1, -0.05) is 5.21 Å². The highest BCUT2D eigenvalue weighted by Gasteiger charge is 2.12.